The number of amides is 2. The number of hydrogen-bond donors (Lipinski definition) is 3. The van der Waals surface area contributed by atoms with Crippen LogP contribution in [0.3, 0.4) is 0 Å². The van der Waals surface area contributed by atoms with Gasteiger partial charge in [-0.1, -0.05) is 6.07 Å². The fourth-order valence-electron chi connectivity index (χ4n) is 2.23. The van der Waals surface area contributed by atoms with E-state index in [1.54, 1.807) is 30.3 Å². The lowest BCUT2D eigenvalue weighted by Gasteiger charge is -2.07. The third kappa shape index (κ3) is 2.98. The summed E-state index contributed by atoms with van der Waals surface area (Å²) >= 11 is 0. The lowest BCUT2D eigenvalue weighted by Crippen LogP contribution is -2.12. The van der Waals surface area contributed by atoms with Gasteiger partial charge in [0.2, 0.25) is 5.91 Å². The molecule has 1 heterocycles. The van der Waals surface area contributed by atoms with E-state index >= 15 is 0 Å². The molecule has 3 rings (SSSR count). The zero-order valence-corrected chi connectivity index (χ0v) is 12.0. The molecule has 0 bridgehead atoms. The van der Waals surface area contributed by atoms with E-state index in [1.807, 2.05) is 24.4 Å². The molecule has 0 aliphatic rings. The van der Waals surface area contributed by atoms with Crippen LogP contribution in [0.4, 0.5) is 11.4 Å². The topological polar surface area (TPSA) is 74.0 Å². The average molecular weight is 293 g/mol. The van der Waals surface area contributed by atoms with E-state index in [1.165, 1.54) is 6.92 Å². The molecule has 0 atom stereocenters. The van der Waals surface area contributed by atoms with E-state index in [4.69, 9.17) is 0 Å². The molecule has 1 aromatic heterocycles. The van der Waals surface area contributed by atoms with Crippen molar-refractivity contribution in [3.8, 4) is 0 Å². The minimum atomic E-state index is -0.177. The summed E-state index contributed by atoms with van der Waals surface area (Å²) in [5.74, 6) is -0.306. The number of benzene rings is 2. The SMILES string of the molecule is CC(=O)Nc1ccc(NC(=O)c2ccc3cc[nH]c3c2)cc1. The van der Waals surface area contributed by atoms with Crippen LogP contribution in [0.2, 0.25) is 0 Å². The van der Waals surface area contributed by atoms with Crippen molar-refractivity contribution in [2.75, 3.05) is 10.6 Å². The van der Waals surface area contributed by atoms with Gasteiger partial charge in [-0.05, 0) is 47.9 Å². The Morgan fingerprint density at radius 1 is 0.909 bits per heavy atom. The highest BCUT2D eigenvalue weighted by molar-refractivity contribution is 6.06. The Labute approximate surface area is 127 Å². The molecule has 5 nitrogen and oxygen atoms in total. The molecule has 0 unspecified atom stereocenters. The summed E-state index contributed by atoms with van der Waals surface area (Å²) < 4.78 is 0. The van der Waals surface area contributed by atoms with E-state index in [9.17, 15) is 9.59 Å². The summed E-state index contributed by atoms with van der Waals surface area (Å²) in [6, 6.07) is 14.4. The van der Waals surface area contributed by atoms with Gasteiger partial charge in [0, 0.05) is 35.6 Å². The number of rotatable bonds is 3. The van der Waals surface area contributed by atoms with Crippen molar-refractivity contribution in [1.82, 2.24) is 4.98 Å². The first-order valence-corrected chi connectivity index (χ1v) is 6.88. The van der Waals surface area contributed by atoms with Crippen LogP contribution in [0.5, 0.6) is 0 Å². The molecule has 5 heteroatoms. The number of aromatic nitrogens is 1. The van der Waals surface area contributed by atoms with E-state index in [-0.39, 0.29) is 11.8 Å². The van der Waals surface area contributed by atoms with Crippen molar-refractivity contribution < 1.29 is 9.59 Å². The first-order valence-electron chi connectivity index (χ1n) is 6.88. The zero-order valence-electron chi connectivity index (χ0n) is 12.0. The van der Waals surface area contributed by atoms with Crippen LogP contribution in [0.25, 0.3) is 10.9 Å². The maximum Gasteiger partial charge on any atom is 0.255 e. The number of H-pyrrole nitrogens is 1. The van der Waals surface area contributed by atoms with Crippen LogP contribution >= 0.6 is 0 Å². The quantitative estimate of drug-likeness (QED) is 0.692. The zero-order chi connectivity index (χ0) is 15.5. The predicted molar refractivity (Wildman–Crippen MR) is 87.0 cm³/mol. The molecular weight excluding hydrogens is 278 g/mol. The minimum Gasteiger partial charge on any atom is -0.361 e. The molecule has 2 aromatic carbocycles. The van der Waals surface area contributed by atoms with Crippen molar-refractivity contribution in [2.45, 2.75) is 6.92 Å². The summed E-state index contributed by atoms with van der Waals surface area (Å²) in [6.45, 7) is 1.45. The van der Waals surface area contributed by atoms with Gasteiger partial charge in [-0.2, -0.15) is 0 Å². The molecule has 0 saturated heterocycles. The molecule has 0 fully saturated rings. The van der Waals surface area contributed by atoms with Gasteiger partial charge in [0.05, 0.1) is 0 Å². The summed E-state index contributed by atoms with van der Waals surface area (Å²) in [6.07, 6.45) is 1.84. The number of carbonyl (C=O) groups is 2. The fourth-order valence-corrected chi connectivity index (χ4v) is 2.23. The summed E-state index contributed by atoms with van der Waals surface area (Å²) in [5.41, 5.74) is 2.87. The Balaban J connectivity index is 1.74. The predicted octanol–water partition coefficient (Wildman–Crippen LogP) is 3.38. The highest BCUT2D eigenvalue weighted by Gasteiger charge is 2.07. The van der Waals surface area contributed by atoms with Crippen molar-refractivity contribution in [3.63, 3.8) is 0 Å². The summed E-state index contributed by atoms with van der Waals surface area (Å²) in [5, 5.41) is 6.57. The lowest BCUT2D eigenvalue weighted by molar-refractivity contribution is -0.114. The molecule has 3 aromatic rings. The molecule has 3 N–H and O–H groups in total. The van der Waals surface area contributed by atoms with Gasteiger partial charge in [-0.25, -0.2) is 0 Å². The van der Waals surface area contributed by atoms with Crippen LogP contribution in [0, 0.1) is 0 Å². The molecule has 0 radical (unpaired) electrons. The molecular formula is C17H15N3O2. The fraction of sp³-hybridized carbons (Fsp3) is 0.0588. The highest BCUT2D eigenvalue weighted by Crippen LogP contribution is 2.17. The minimum absolute atomic E-state index is 0.129. The maximum absolute atomic E-state index is 12.2. The molecule has 0 aliphatic heterocycles. The van der Waals surface area contributed by atoms with Crippen LogP contribution < -0.4 is 10.6 Å². The van der Waals surface area contributed by atoms with Gasteiger partial charge < -0.3 is 15.6 Å². The second-order valence-electron chi connectivity index (χ2n) is 4.99. The Morgan fingerprint density at radius 2 is 1.59 bits per heavy atom. The van der Waals surface area contributed by atoms with Crippen LogP contribution in [-0.4, -0.2) is 16.8 Å². The van der Waals surface area contributed by atoms with Gasteiger partial charge >= 0.3 is 0 Å². The first-order chi connectivity index (χ1) is 10.6. The Morgan fingerprint density at radius 3 is 2.27 bits per heavy atom. The lowest BCUT2D eigenvalue weighted by atomic mass is 10.1. The number of hydrogen-bond acceptors (Lipinski definition) is 2. The van der Waals surface area contributed by atoms with Crippen molar-refractivity contribution in [3.05, 3.63) is 60.3 Å². The molecule has 0 saturated carbocycles. The first kappa shape index (κ1) is 13.9. The number of anilines is 2. The van der Waals surface area contributed by atoms with Crippen molar-refractivity contribution >= 4 is 34.1 Å². The molecule has 22 heavy (non-hydrogen) atoms. The van der Waals surface area contributed by atoms with Crippen LogP contribution in [0.15, 0.2) is 54.7 Å². The van der Waals surface area contributed by atoms with Gasteiger partial charge in [0.25, 0.3) is 5.91 Å². The Bertz CT molecular complexity index is 834. The molecule has 0 aliphatic carbocycles. The third-order valence-electron chi connectivity index (χ3n) is 3.28. The van der Waals surface area contributed by atoms with E-state index in [0.717, 1.165) is 10.9 Å². The van der Waals surface area contributed by atoms with Crippen LogP contribution in [0.1, 0.15) is 17.3 Å². The maximum atomic E-state index is 12.2. The third-order valence-corrected chi connectivity index (χ3v) is 3.28. The van der Waals surface area contributed by atoms with E-state index in [0.29, 0.717) is 16.9 Å². The smallest absolute Gasteiger partial charge is 0.255 e. The van der Waals surface area contributed by atoms with E-state index in [2.05, 4.69) is 15.6 Å². The number of carbonyl (C=O) groups excluding carboxylic acids is 2. The Kier molecular flexibility index (Phi) is 3.62. The normalized spacial score (nSPS) is 10.4. The average Bonchev–Trinajstić information content (AvgIpc) is 2.96. The van der Waals surface area contributed by atoms with Gasteiger partial charge in [0.15, 0.2) is 0 Å². The standard InChI is InChI=1S/C17H15N3O2/c1-11(21)19-14-4-6-15(7-5-14)20-17(22)13-3-2-12-8-9-18-16(12)10-13/h2-10,18H,1H3,(H,19,21)(H,20,22). The van der Waals surface area contributed by atoms with Gasteiger partial charge in [0.1, 0.15) is 0 Å². The monoisotopic (exact) mass is 293 g/mol. The van der Waals surface area contributed by atoms with Crippen molar-refractivity contribution in [2.24, 2.45) is 0 Å². The van der Waals surface area contributed by atoms with Crippen molar-refractivity contribution in [1.29, 1.82) is 0 Å². The number of fused-ring (bicyclic) bond motifs is 1. The molecule has 110 valence electrons. The van der Waals surface area contributed by atoms with Crippen LogP contribution in [-0.2, 0) is 4.79 Å². The summed E-state index contributed by atoms with van der Waals surface area (Å²) in [4.78, 5) is 26.3. The molecule has 0 spiro atoms. The number of nitrogens with one attached hydrogen (secondary N) is 3. The van der Waals surface area contributed by atoms with Gasteiger partial charge in [-0.15, -0.1) is 0 Å². The summed E-state index contributed by atoms with van der Waals surface area (Å²) in [7, 11) is 0. The van der Waals surface area contributed by atoms with E-state index < -0.39 is 0 Å². The number of aromatic amines is 1. The highest BCUT2D eigenvalue weighted by atomic mass is 16.2. The van der Waals surface area contributed by atoms with Gasteiger partial charge in [-0.3, -0.25) is 9.59 Å². The second kappa shape index (κ2) is 5.73. The Hall–Kier alpha value is -3.08. The molecule has 2 amide bonds. The largest absolute Gasteiger partial charge is 0.361 e. The second-order valence-corrected chi connectivity index (χ2v) is 4.99.